The molecule has 0 spiro atoms. The maximum absolute atomic E-state index is 14.2. The van der Waals surface area contributed by atoms with Gasteiger partial charge in [-0.2, -0.15) is 0 Å². The highest BCUT2D eigenvalue weighted by atomic mass is 19.1. The number of ether oxygens (including phenoxy) is 1. The third-order valence-corrected chi connectivity index (χ3v) is 4.93. The monoisotopic (exact) mass is 401 g/mol. The number of halogens is 1. The molecule has 0 atom stereocenters. The molecule has 0 aromatic heterocycles. The Labute approximate surface area is 170 Å². The van der Waals surface area contributed by atoms with Crippen LogP contribution in [0.25, 0.3) is 0 Å². The summed E-state index contributed by atoms with van der Waals surface area (Å²) in [5.41, 5.74) is 6.92. The summed E-state index contributed by atoms with van der Waals surface area (Å²) in [6.07, 6.45) is 0. The molecule has 156 valence electrons. The Morgan fingerprint density at radius 1 is 1.24 bits per heavy atom. The van der Waals surface area contributed by atoms with Gasteiger partial charge in [0, 0.05) is 43.2 Å². The van der Waals surface area contributed by atoms with Gasteiger partial charge in [-0.15, -0.1) is 0 Å². The molecule has 1 heterocycles. The minimum Gasteiger partial charge on any atom is -0.496 e. The predicted molar refractivity (Wildman–Crippen MR) is 109 cm³/mol. The molecule has 3 rings (SSSR count). The Morgan fingerprint density at radius 3 is 2.55 bits per heavy atom. The number of nitrogens with zero attached hydrogens (tertiary/aromatic N) is 1. The SMILES string of the molecule is COc1cc(C(=O)N(Cc2ccccc2F)CC(C)(C)O)ccc1C1CNNC1. The van der Waals surface area contributed by atoms with Gasteiger partial charge in [0.2, 0.25) is 0 Å². The van der Waals surface area contributed by atoms with Gasteiger partial charge in [-0.1, -0.05) is 24.3 Å². The van der Waals surface area contributed by atoms with Crippen LogP contribution in [0.15, 0.2) is 42.5 Å². The number of benzene rings is 2. The Hall–Kier alpha value is -2.48. The number of carbonyl (C=O) groups is 1. The predicted octanol–water partition coefficient (Wildman–Crippen LogP) is 2.44. The number of carbonyl (C=O) groups excluding carboxylic acids is 1. The highest BCUT2D eigenvalue weighted by Crippen LogP contribution is 2.29. The Morgan fingerprint density at radius 2 is 1.93 bits per heavy atom. The number of hydrogen-bond donors (Lipinski definition) is 3. The van der Waals surface area contributed by atoms with E-state index in [0.717, 1.165) is 18.7 Å². The molecule has 29 heavy (non-hydrogen) atoms. The molecule has 1 aliphatic heterocycles. The van der Waals surface area contributed by atoms with Gasteiger partial charge in [-0.3, -0.25) is 15.6 Å². The molecule has 7 heteroatoms. The molecule has 2 aromatic carbocycles. The van der Waals surface area contributed by atoms with E-state index in [0.29, 0.717) is 16.9 Å². The molecular formula is C22H28FN3O3. The van der Waals surface area contributed by atoms with Gasteiger partial charge in [0.25, 0.3) is 5.91 Å². The highest BCUT2D eigenvalue weighted by Gasteiger charge is 2.26. The van der Waals surface area contributed by atoms with Crippen LogP contribution in [0.4, 0.5) is 4.39 Å². The first-order chi connectivity index (χ1) is 13.8. The van der Waals surface area contributed by atoms with Crippen molar-refractivity contribution < 1.29 is 19.0 Å². The fourth-order valence-electron chi connectivity index (χ4n) is 3.55. The summed E-state index contributed by atoms with van der Waals surface area (Å²) in [7, 11) is 1.58. The zero-order valence-corrected chi connectivity index (χ0v) is 17.0. The lowest BCUT2D eigenvalue weighted by atomic mass is 9.97. The summed E-state index contributed by atoms with van der Waals surface area (Å²) in [6, 6.07) is 11.7. The van der Waals surface area contributed by atoms with Crippen molar-refractivity contribution in [2.45, 2.75) is 31.9 Å². The molecule has 0 saturated carbocycles. The smallest absolute Gasteiger partial charge is 0.254 e. The van der Waals surface area contributed by atoms with Gasteiger partial charge in [-0.05, 0) is 37.6 Å². The number of hydrazine groups is 1. The summed E-state index contributed by atoms with van der Waals surface area (Å²) in [6.45, 7) is 4.94. The van der Waals surface area contributed by atoms with Crippen LogP contribution in [-0.2, 0) is 6.54 Å². The Balaban J connectivity index is 1.89. The van der Waals surface area contributed by atoms with Gasteiger partial charge in [0.05, 0.1) is 12.7 Å². The van der Waals surface area contributed by atoms with Crippen molar-refractivity contribution in [2.75, 3.05) is 26.7 Å². The van der Waals surface area contributed by atoms with E-state index in [4.69, 9.17) is 4.74 Å². The highest BCUT2D eigenvalue weighted by molar-refractivity contribution is 5.94. The topological polar surface area (TPSA) is 73.8 Å². The lowest BCUT2D eigenvalue weighted by Crippen LogP contribution is -2.42. The quantitative estimate of drug-likeness (QED) is 0.665. The van der Waals surface area contributed by atoms with Crippen LogP contribution in [-0.4, -0.2) is 48.3 Å². The zero-order chi connectivity index (χ0) is 21.0. The molecule has 0 unspecified atom stereocenters. The summed E-state index contributed by atoms with van der Waals surface area (Å²) in [5.74, 6) is 0.221. The average Bonchev–Trinajstić information content (AvgIpc) is 3.21. The number of nitrogens with one attached hydrogen (secondary N) is 2. The fraction of sp³-hybridized carbons (Fsp3) is 0.409. The first-order valence-electron chi connectivity index (χ1n) is 9.67. The van der Waals surface area contributed by atoms with Crippen LogP contribution in [0.1, 0.15) is 41.3 Å². The van der Waals surface area contributed by atoms with E-state index < -0.39 is 5.60 Å². The van der Waals surface area contributed by atoms with Crippen LogP contribution in [0.5, 0.6) is 5.75 Å². The van der Waals surface area contributed by atoms with E-state index in [-0.39, 0.29) is 30.7 Å². The number of amides is 1. The van der Waals surface area contributed by atoms with Crippen molar-refractivity contribution >= 4 is 5.91 Å². The molecule has 0 aliphatic carbocycles. The summed E-state index contributed by atoms with van der Waals surface area (Å²) in [4.78, 5) is 14.7. The molecular weight excluding hydrogens is 373 g/mol. The lowest BCUT2D eigenvalue weighted by molar-refractivity contribution is 0.0277. The molecule has 1 amide bonds. The molecule has 3 N–H and O–H groups in total. The van der Waals surface area contributed by atoms with Crippen molar-refractivity contribution in [2.24, 2.45) is 0 Å². The molecule has 1 fully saturated rings. The maximum atomic E-state index is 14.2. The average molecular weight is 401 g/mol. The Bertz CT molecular complexity index is 861. The molecule has 1 saturated heterocycles. The van der Waals surface area contributed by atoms with Gasteiger partial charge in [-0.25, -0.2) is 4.39 Å². The second-order valence-electron chi connectivity index (χ2n) is 7.98. The van der Waals surface area contributed by atoms with Crippen molar-refractivity contribution in [3.8, 4) is 5.75 Å². The van der Waals surface area contributed by atoms with Crippen LogP contribution < -0.4 is 15.6 Å². The molecule has 0 radical (unpaired) electrons. The third kappa shape index (κ3) is 5.32. The zero-order valence-electron chi connectivity index (χ0n) is 17.0. The number of aliphatic hydroxyl groups is 1. The van der Waals surface area contributed by atoms with Crippen molar-refractivity contribution in [1.82, 2.24) is 15.8 Å². The minimum atomic E-state index is -1.12. The second kappa shape index (κ2) is 8.90. The third-order valence-electron chi connectivity index (χ3n) is 4.93. The van der Waals surface area contributed by atoms with Gasteiger partial charge < -0.3 is 14.7 Å². The van der Waals surface area contributed by atoms with Gasteiger partial charge >= 0.3 is 0 Å². The number of rotatable bonds is 7. The van der Waals surface area contributed by atoms with Crippen LogP contribution in [0, 0.1) is 5.82 Å². The molecule has 1 aliphatic rings. The minimum absolute atomic E-state index is 0.0655. The summed E-state index contributed by atoms with van der Waals surface area (Å²) < 4.78 is 19.7. The van der Waals surface area contributed by atoms with Gasteiger partial charge in [0.1, 0.15) is 11.6 Å². The maximum Gasteiger partial charge on any atom is 0.254 e. The van der Waals surface area contributed by atoms with Crippen LogP contribution >= 0.6 is 0 Å². The first kappa shape index (κ1) is 21.2. The van der Waals surface area contributed by atoms with Crippen molar-refractivity contribution in [3.63, 3.8) is 0 Å². The molecule has 2 aromatic rings. The summed E-state index contributed by atoms with van der Waals surface area (Å²) in [5, 5.41) is 10.3. The van der Waals surface area contributed by atoms with E-state index in [2.05, 4.69) is 10.9 Å². The van der Waals surface area contributed by atoms with E-state index in [1.165, 1.54) is 11.0 Å². The van der Waals surface area contributed by atoms with Crippen LogP contribution in [0.3, 0.4) is 0 Å². The molecule has 0 bridgehead atoms. The standard InChI is InChI=1S/C22H28FN3O3/c1-22(2,28)14-26(13-16-6-4-5-7-19(16)23)21(27)15-8-9-18(20(10-15)29-3)17-11-24-25-12-17/h4-10,17,24-25,28H,11-14H2,1-3H3. The van der Waals surface area contributed by atoms with E-state index in [9.17, 15) is 14.3 Å². The second-order valence-corrected chi connectivity index (χ2v) is 7.98. The van der Waals surface area contributed by atoms with E-state index in [1.807, 2.05) is 6.07 Å². The van der Waals surface area contributed by atoms with E-state index >= 15 is 0 Å². The molecule has 6 nitrogen and oxygen atoms in total. The normalized spacial score (nSPS) is 14.8. The lowest BCUT2D eigenvalue weighted by Gasteiger charge is -2.29. The number of methoxy groups -OCH3 is 1. The Kier molecular flexibility index (Phi) is 6.52. The van der Waals surface area contributed by atoms with Crippen LogP contribution in [0.2, 0.25) is 0 Å². The van der Waals surface area contributed by atoms with Crippen molar-refractivity contribution in [3.05, 3.63) is 65.0 Å². The summed E-state index contributed by atoms with van der Waals surface area (Å²) >= 11 is 0. The van der Waals surface area contributed by atoms with E-state index in [1.54, 1.807) is 51.3 Å². The van der Waals surface area contributed by atoms with Gasteiger partial charge in [0.15, 0.2) is 0 Å². The van der Waals surface area contributed by atoms with Crippen molar-refractivity contribution in [1.29, 1.82) is 0 Å². The largest absolute Gasteiger partial charge is 0.496 e. The fourth-order valence-corrected chi connectivity index (χ4v) is 3.55. The number of hydrogen-bond acceptors (Lipinski definition) is 5. The first-order valence-corrected chi connectivity index (χ1v) is 9.67.